The number of hydrogen-bond acceptors (Lipinski definition) is 5. The summed E-state index contributed by atoms with van der Waals surface area (Å²) in [4.78, 5) is 24.6. The first-order chi connectivity index (χ1) is 15.5. The second-order valence-electron chi connectivity index (χ2n) is 8.55. The summed E-state index contributed by atoms with van der Waals surface area (Å²) in [6.07, 6.45) is 8.72. The number of nitrogens with zero attached hydrogens (tertiary/aromatic N) is 3. The van der Waals surface area contributed by atoms with Gasteiger partial charge in [0, 0.05) is 41.1 Å². The number of benzene rings is 1. The largest absolute Gasteiger partial charge is 0.496 e. The number of aliphatic imine (C=N–C) groups is 1. The number of hydrogen-bond donors (Lipinski definition) is 0. The molecule has 2 atom stereocenters. The lowest BCUT2D eigenvalue weighted by Gasteiger charge is -2.39. The number of aromatic nitrogens is 1. The predicted molar refractivity (Wildman–Crippen MR) is 128 cm³/mol. The first-order valence-corrected chi connectivity index (χ1v) is 12.0. The molecule has 0 spiro atoms. The van der Waals surface area contributed by atoms with Gasteiger partial charge in [-0.2, -0.15) is 0 Å². The number of rotatable bonds is 5. The molecule has 3 aliphatic rings. The van der Waals surface area contributed by atoms with Gasteiger partial charge < -0.3 is 9.64 Å². The van der Waals surface area contributed by atoms with Gasteiger partial charge in [-0.3, -0.25) is 9.79 Å². The Morgan fingerprint density at radius 2 is 2.16 bits per heavy atom. The number of carbonyl (C=O) groups is 1. The van der Waals surface area contributed by atoms with Crippen molar-refractivity contribution in [3.8, 4) is 11.3 Å². The Hall–Kier alpha value is -2.99. The molecule has 0 N–H and O–H groups in total. The van der Waals surface area contributed by atoms with Crippen LogP contribution >= 0.6 is 11.3 Å². The van der Waals surface area contributed by atoms with Crippen LogP contribution in [-0.2, 0) is 16.1 Å². The molecule has 0 saturated carbocycles. The Morgan fingerprint density at radius 3 is 2.94 bits per heavy atom. The Labute approximate surface area is 192 Å². The van der Waals surface area contributed by atoms with Gasteiger partial charge in [0.05, 0.1) is 29.6 Å². The van der Waals surface area contributed by atoms with E-state index in [9.17, 15) is 4.79 Å². The monoisotopic (exact) mass is 445 g/mol. The molecule has 164 valence electrons. The molecule has 1 aromatic carbocycles. The van der Waals surface area contributed by atoms with Crippen LogP contribution in [-0.4, -0.2) is 34.7 Å². The van der Waals surface area contributed by atoms with Crippen molar-refractivity contribution in [2.75, 3.05) is 7.11 Å². The summed E-state index contributed by atoms with van der Waals surface area (Å²) in [5.74, 6) is 1.17. The Balaban J connectivity index is 1.49. The van der Waals surface area contributed by atoms with Gasteiger partial charge in [0.15, 0.2) is 0 Å². The van der Waals surface area contributed by atoms with Crippen molar-refractivity contribution in [3.05, 3.63) is 75.5 Å². The molecule has 2 aliphatic heterocycles. The average molecular weight is 446 g/mol. The van der Waals surface area contributed by atoms with Gasteiger partial charge in [0.2, 0.25) is 5.91 Å². The van der Waals surface area contributed by atoms with Crippen LogP contribution in [0.15, 0.2) is 69.9 Å². The second-order valence-corrected chi connectivity index (χ2v) is 9.62. The summed E-state index contributed by atoms with van der Waals surface area (Å²) >= 11 is 1.65. The topological polar surface area (TPSA) is 54.8 Å². The maximum Gasteiger partial charge on any atom is 0.223 e. The fraction of sp³-hybridized carbons (Fsp3) is 0.346. The molecule has 5 rings (SSSR count). The fourth-order valence-corrected chi connectivity index (χ4v) is 5.51. The van der Waals surface area contributed by atoms with E-state index >= 15 is 0 Å². The summed E-state index contributed by atoms with van der Waals surface area (Å²) in [7, 11) is 1.70. The molecule has 0 bridgehead atoms. The zero-order valence-corrected chi connectivity index (χ0v) is 19.5. The number of fused-ring (bicyclic) bond motifs is 1. The molecule has 1 aliphatic carbocycles. The Kier molecular flexibility index (Phi) is 5.55. The molecule has 3 heterocycles. The van der Waals surface area contributed by atoms with Crippen molar-refractivity contribution < 1.29 is 9.53 Å². The van der Waals surface area contributed by atoms with Crippen molar-refractivity contribution in [2.24, 2.45) is 10.9 Å². The van der Waals surface area contributed by atoms with Crippen LogP contribution in [0.2, 0.25) is 0 Å². The molecule has 1 saturated heterocycles. The Morgan fingerprint density at radius 1 is 1.28 bits per heavy atom. The second kappa shape index (κ2) is 8.51. The van der Waals surface area contributed by atoms with E-state index in [1.165, 1.54) is 0 Å². The lowest BCUT2D eigenvalue weighted by molar-refractivity contribution is -0.136. The average Bonchev–Trinajstić information content (AvgIpc) is 3.39. The van der Waals surface area contributed by atoms with Crippen LogP contribution in [0.25, 0.3) is 11.3 Å². The van der Waals surface area contributed by atoms with Crippen LogP contribution in [0.5, 0.6) is 0 Å². The minimum atomic E-state index is -0.0399. The van der Waals surface area contributed by atoms with Gasteiger partial charge in [-0.1, -0.05) is 30.4 Å². The van der Waals surface area contributed by atoms with Crippen molar-refractivity contribution in [2.45, 2.75) is 45.7 Å². The maximum absolute atomic E-state index is 13.1. The number of aryl methyl sites for hydroxylation is 1. The quantitative estimate of drug-likeness (QED) is 0.615. The third-order valence-corrected chi connectivity index (χ3v) is 7.12. The first kappa shape index (κ1) is 20.9. The van der Waals surface area contributed by atoms with Gasteiger partial charge in [-0.15, -0.1) is 11.3 Å². The third-order valence-electron chi connectivity index (χ3n) is 6.34. The summed E-state index contributed by atoms with van der Waals surface area (Å²) < 4.78 is 5.76. The number of amides is 1. The summed E-state index contributed by atoms with van der Waals surface area (Å²) in [6.45, 7) is 4.61. The van der Waals surface area contributed by atoms with E-state index in [-0.39, 0.29) is 17.9 Å². The zero-order chi connectivity index (χ0) is 22.2. The normalized spacial score (nSPS) is 22.7. The highest BCUT2D eigenvalue weighted by Crippen LogP contribution is 2.37. The van der Waals surface area contributed by atoms with Gasteiger partial charge >= 0.3 is 0 Å². The summed E-state index contributed by atoms with van der Waals surface area (Å²) in [5.41, 5.74) is 6.29. The van der Waals surface area contributed by atoms with Crippen molar-refractivity contribution >= 4 is 23.0 Å². The van der Waals surface area contributed by atoms with E-state index in [1.54, 1.807) is 18.4 Å². The van der Waals surface area contributed by atoms with Crippen molar-refractivity contribution in [3.63, 3.8) is 0 Å². The SMILES string of the molecule is COC1=C(C2CCCC(=O)N2Cc2cccc(-c3csc(C)n3)c2)C2=NC(C)=CC2C=C1. The highest BCUT2D eigenvalue weighted by molar-refractivity contribution is 7.09. The molecular formula is C26H27N3O2S. The van der Waals surface area contributed by atoms with Crippen LogP contribution in [0.3, 0.4) is 0 Å². The van der Waals surface area contributed by atoms with Crippen molar-refractivity contribution in [1.29, 1.82) is 0 Å². The number of ether oxygens (including phenoxy) is 1. The van der Waals surface area contributed by atoms with Crippen LogP contribution in [0.1, 0.15) is 36.8 Å². The number of carbonyl (C=O) groups excluding carboxylic acids is 1. The molecule has 2 unspecified atom stereocenters. The molecule has 6 heteroatoms. The molecular weight excluding hydrogens is 418 g/mol. The molecule has 32 heavy (non-hydrogen) atoms. The molecule has 5 nitrogen and oxygen atoms in total. The predicted octanol–water partition coefficient (Wildman–Crippen LogP) is 5.44. The summed E-state index contributed by atoms with van der Waals surface area (Å²) in [6, 6.07) is 8.34. The number of methoxy groups -OCH3 is 1. The van der Waals surface area contributed by atoms with E-state index in [0.717, 1.165) is 57.4 Å². The third kappa shape index (κ3) is 3.84. The first-order valence-electron chi connectivity index (χ1n) is 11.1. The molecule has 1 amide bonds. The Bertz CT molecular complexity index is 1190. The summed E-state index contributed by atoms with van der Waals surface area (Å²) in [5, 5.41) is 3.14. The van der Waals surface area contributed by atoms with E-state index in [2.05, 4.69) is 46.8 Å². The van der Waals surface area contributed by atoms with Gasteiger partial charge in [-0.25, -0.2) is 4.98 Å². The number of thiazole rings is 1. The number of allylic oxidation sites excluding steroid dienone is 4. The van der Waals surface area contributed by atoms with Crippen LogP contribution < -0.4 is 0 Å². The maximum atomic E-state index is 13.1. The van der Waals surface area contributed by atoms with Crippen molar-refractivity contribution in [1.82, 2.24) is 9.88 Å². The minimum absolute atomic E-state index is 0.0399. The van der Waals surface area contributed by atoms with E-state index in [0.29, 0.717) is 13.0 Å². The highest BCUT2D eigenvalue weighted by Gasteiger charge is 2.38. The van der Waals surface area contributed by atoms with E-state index < -0.39 is 0 Å². The molecule has 1 fully saturated rings. The lowest BCUT2D eigenvalue weighted by atomic mass is 9.83. The highest BCUT2D eigenvalue weighted by atomic mass is 32.1. The molecule has 0 radical (unpaired) electrons. The minimum Gasteiger partial charge on any atom is -0.496 e. The number of piperidine rings is 1. The molecule has 1 aromatic heterocycles. The van der Waals surface area contributed by atoms with Gasteiger partial charge in [-0.05, 0) is 44.4 Å². The fourth-order valence-electron chi connectivity index (χ4n) is 4.89. The standard InChI is InChI=1S/C26H27N3O2S/c1-16-12-20-10-11-23(31-3)25(26(20)27-16)22-8-5-9-24(30)29(22)14-18-6-4-7-19(13-18)21-15-32-17(2)28-21/h4,6-7,10-13,15,20,22H,5,8-9,14H2,1-3H3. The van der Waals surface area contributed by atoms with E-state index in [4.69, 9.17) is 9.73 Å². The van der Waals surface area contributed by atoms with Crippen LogP contribution in [0.4, 0.5) is 0 Å². The number of likely N-dealkylation sites (tertiary alicyclic amines) is 1. The lowest BCUT2D eigenvalue weighted by Crippen LogP contribution is -2.46. The van der Waals surface area contributed by atoms with E-state index in [1.807, 2.05) is 24.8 Å². The van der Waals surface area contributed by atoms with Gasteiger partial charge in [0.25, 0.3) is 0 Å². The zero-order valence-electron chi connectivity index (χ0n) is 18.7. The molecule has 2 aromatic rings. The smallest absolute Gasteiger partial charge is 0.223 e. The van der Waals surface area contributed by atoms with Gasteiger partial charge in [0.1, 0.15) is 5.76 Å². The van der Waals surface area contributed by atoms with Crippen LogP contribution in [0, 0.1) is 12.8 Å².